The van der Waals surface area contributed by atoms with Crippen molar-refractivity contribution in [1.82, 2.24) is 4.90 Å². The molecular formula is C10H18N2O. The second kappa shape index (κ2) is 3.65. The first-order chi connectivity index (χ1) is 6.03. The standard InChI is InChI=1S/C10H18N2O/c1-4-9(5-11)12-6-10(13,7-12)8(2)3/h8-9,13H,4,6-7H2,1-3H3. The van der Waals surface area contributed by atoms with Crippen molar-refractivity contribution < 1.29 is 5.11 Å². The average Bonchev–Trinajstić information content (AvgIpc) is 2.02. The zero-order valence-corrected chi connectivity index (χ0v) is 8.62. The van der Waals surface area contributed by atoms with Crippen LogP contribution in [0, 0.1) is 17.2 Å². The fourth-order valence-corrected chi connectivity index (χ4v) is 1.67. The quantitative estimate of drug-likeness (QED) is 0.708. The Morgan fingerprint density at radius 1 is 1.54 bits per heavy atom. The van der Waals surface area contributed by atoms with Crippen LogP contribution in [0.2, 0.25) is 0 Å². The first-order valence-electron chi connectivity index (χ1n) is 4.89. The lowest BCUT2D eigenvalue weighted by molar-refractivity contribution is -0.135. The molecule has 1 aliphatic rings. The number of nitrogens with zero attached hydrogens (tertiary/aromatic N) is 2. The van der Waals surface area contributed by atoms with Gasteiger partial charge >= 0.3 is 0 Å². The number of likely N-dealkylation sites (tertiary alicyclic amines) is 1. The van der Waals surface area contributed by atoms with Crippen LogP contribution in [-0.4, -0.2) is 34.7 Å². The van der Waals surface area contributed by atoms with Crippen molar-refractivity contribution >= 4 is 0 Å². The number of hydrogen-bond donors (Lipinski definition) is 1. The van der Waals surface area contributed by atoms with Crippen molar-refractivity contribution in [2.24, 2.45) is 5.92 Å². The van der Waals surface area contributed by atoms with Gasteiger partial charge in [0.1, 0.15) is 0 Å². The Labute approximate surface area is 80.0 Å². The van der Waals surface area contributed by atoms with Crippen LogP contribution < -0.4 is 0 Å². The summed E-state index contributed by atoms with van der Waals surface area (Å²) in [4.78, 5) is 2.04. The third-order valence-corrected chi connectivity index (χ3v) is 3.00. The minimum atomic E-state index is -0.551. The summed E-state index contributed by atoms with van der Waals surface area (Å²) in [5.74, 6) is 0.278. The fourth-order valence-electron chi connectivity index (χ4n) is 1.67. The van der Waals surface area contributed by atoms with Crippen molar-refractivity contribution in [2.75, 3.05) is 13.1 Å². The molecule has 3 heteroatoms. The maximum absolute atomic E-state index is 9.95. The maximum atomic E-state index is 9.95. The molecule has 1 atom stereocenters. The lowest BCUT2D eigenvalue weighted by atomic mass is 9.82. The smallest absolute Gasteiger partial charge is 0.0977 e. The van der Waals surface area contributed by atoms with Gasteiger partial charge in [0.05, 0.1) is 17.7 Å². The molecule has 1 saturated heterocycles. The van der Waals surface area contributed by atoms with E-state index < -0.39 is 5.60 Å². The van der Waals surface area contributed by atoms with Gasteiger partial charge in [-0.3, -0.25) is 4.90 Å². The van der Waals surface area contributed by atoms with Gasteiger partial charge in [-0.15, -0.1) is 0 Å². The van der Waals surface area contributed by atoms with Gasteiger partial charge in [0.15, 0.2) is 0 Å². The van der Waals surface area contributed by atoms with Gasteiger partial charge in [-0.05, 0) is 12.3 Å². The molecule has 1 N–H and O–H groups in total. The van der Waals surface area contributed by atoms with E-state index in [-0.39, 0.29) is 12.0 Å². The van der Waals surface area contributed by atoms with E-state index in [1.165, 1.54) is 0 Å². The SMILES string of the molecule is CCC(C#N)N1CC(O)(C(C)C)C1. The van der Waals surface area contributed by atoms with Gasteiger partial charge in [0.2, 0.25) is 0 Å². The summed E-state index contributed by atoms with van der Waals surface area (Å²) >= 11 is 0. The number of rotatable bonds is 3. The van der Waals surface area contributed by atoms with Gasteiger partial charge in [0.25, 0.3) is 0 Å². The monoisotopic (exact) mass is 182 g/mol. The fraction of sp³-hybridized carbons (Fsp3) is 0.900. The minimum absolute atomic E-state index is 0.0148. The van der Waals surface area contributed by atoms with E-state index in [0.29, 0.717) is 13.1 Å². The van der Waals surface area contributed by atoms with Crippen LogP contribution in [0.3, 0.4) is 0 Å². The molecule has 0 aromatic carbocycles. The predicted molar refractivity (Wildman–Crippen MR) is 51.1 cm³/mol. The molecule has 1 fully saturated rings. The van der Waals surface area contributed by atoms with E-state index in [4.69, 9.17) is 5.26 Å². The zero-order valence-electron chi connectivity index (χ0n) is 8.62. The van der Waals surface area contributed by atoms with Crippen molar-refractivity contribution in [3.63, 3.8) is 0 Å². The Kier molecular flexibility index (Phi) is 2.94. The Bertz CT molecular complexity index is 213. The Morgan fingerprint density at radius 2 is 2.08 bits per heavy atom. The molecule has 1 rings (SSSR count). The number of hydrogen-bond acceptors (Lipinski definition) is 3. The highest BCUT2D eigenvalue weighted by Crippen LogP contribution is 2.30. The Balaban J connectivity index is 2.45. The van der Waals surface area contributed by atoms with Crippen molar-refractivity contribution in [2.45, 2.75) is 38.8 Å². The van der Waals surface area contributed by atoms with Gasteiger partial charge in [0, 0.05) is 13.1 Å². The molecule has 1 unspecified atom stereocenters. The van der Waals surface area contributed by atoms with Crippen LogP contribution in [0.1, 0.15) is 27.2 Å². The molecule has 13 heavy (non-hydrogen) atoms. The third-order valence-electron chi connectivity index (χ3n) is 3.00. The maximum Gasteiger partial charge on any atom is 0.0977 e. The largest absolute Gasteiger partial charge is 0.387 e. The van der Waals surface area contributed by atoms with Gasteiger partial charge in [-0.1, -0.05) is 20.8 Å². The lowest BCUT2D eigenvalue weighted by Gasteiger charge is -2.50. The summed E-state index contributed by atoms with van der Waals surface area (Å²) in [7, 11) is 0. The highest BCUT2D eigenvalue weighted by molar-refractivity contribution is 5.04. The summed E-state index contributed by atoms with van der Waals surface area (Å²) < 4.78 is 0. The summed E-state index contributed by atoms with van der Waals surface area (Å²) in [5, 5.41) is 18.7. The topological polar surface area (TPSA) is 47.3 Å². The second-order valence-corrected chi connectivity index (χ2v) is 4.22. The molecule has 0 spiro atoms. The van der Waals surface area contributed by atoms with Crippen LogP contribution in [0.5, 0.6) is 0 Å². The van der Waals surface area contributed by atoms with E-state index >= 15 is 0 Å². The van der Waals surface area contributed by atoms with E-state index in [9.17, 15) is 5.11 Å². The summed E-state index contributed by atoms with van der Waals surface area (Å²) in [6.07, 6.45) is 0.838. The minimum Gasteiger partial charge on any atom is -0.387 e. The van der Waals surface area contributed by atoms with E-state index in [1.807, 2.05) is 25.7 Å². The highest BCUT2D eigenvalue weighted by atomic mass is 16.3. The number of nitriles is 1. The van der Waals surface area contributed by atoms with Crippen LogP contribution in [0.4, 0.5) is 0 Å². The molecule has 1 heterocycles. The molecule has 3 nitrogen and oxygen atoms in total. The molecule has 1 aliphatic heterocycles. The molecule has 0 saturated carbocycles. The number of aliphatic hydroxyl groups is 1. The first kappa shape index (κ1) is 10.5. The van der Waals surface area contributed by atoms with Gasteiger partial charge in [-0.25, -0.2) is 0 Å². The normalized spacial score (nSPS) is 23.7. The summed E-state index contributed by atoms with van der Waals surface area (Å²) in [6, 6.07) is 2.23. The molecule has 0 bridgehead atoms. The molecule has 0 aromatic heterocycles. The molecular weight excluding hydrogens is 164 g/mol. The van der Waals surface area contributed by atoms with E-state index in [0.717, 1.165) is 6.42 Å². The zero-order chi connectivity index (χ0) is 10.1. The van der Waals surface area contributed by atoms with Crippen LogP contribution in [-0.2, 0) is 0 Å². The van der Waals surface area contributed by atoms with Crippen LogP contribution >= 0.6 is 0 Å². The Morgan fingerprint density at radius 3 is 2.38 bits per heavy atom. The summed E-state index contributed by atoms with van der Waals surface area (Å²) in [6.45, 7) is 7.34. The van der Waals surface area contributed by atoms with Gasteiger partial charge < -0.3 is 5.11 Å². The van der Waals surface area contributed by atoms with Crippen molar-refractivity contribution in [1.29, 1.82) is 5.26 Å². The predicted octanol–water partition coefficient (Wildman–Crippen LogP) is 0.991. The molecule has 0 aromatic rings. The number of β-amino-alcohol motifs (C(OH)–C–C–N with tert-alkyl or cyclic N) is 1. The highest BCUT2D eigenvalue weighted by Gasteiger charge is 2.45. The van der Waals surface area contributed by atoms with Crippen molar-refractivity contribution in [3.8, 4) is 6.07 Å². The van der Waals surface area contributed by atoms with E-state index in [2.05, 4.69) is 6.07 Å². The molecule has 0 amide bonds. The molecule has 0 radical (unpaired) electrons. The molecule has 0 aliphatic carbocycles. The Hall–Kier alpha value is -0.590. The van der Waals surface area contributed by atoms with Crippen molar-refractivity contribution in [3.05, 3.63) is 0 Å². The third kappa shape index (κ3) is 1.84. The van der Waals surface area contributed by atoms with Crippen LogP contribution in [0.25, 0.3) is 0 Å². The average molecular weight is 182 g/mol. The van der Waals surface area contributed by atoms with Crippen LogP contribution in [0.15, 0.2) is 0 Å². The lowest BCUT2D eigenvalue weighted by Crippen LogP contribution is -2.66. The second-order valence-electron chi connectivity index (χ2n) is 4.22. The molecule has 74 valence electrons. The van der Waals surface area contributed by atoms with E-state index in [1.54, 1.807) is 0 Å². The first-order valence-corrected chi connectivity index (χ1v) is 4.89. The summed E-state index contributed by atoms with van der Waals surface area (Å²) in [5.41, 5.74) is -0.551. The van der Waals surface area contributed by atoms with Gasteiger partial charge in [-0.2, -0.15) is 5.26 Å².